The fourth-order valence-corrected chi connectivity index (χ4v) is 1.53. The second-order valence-electron chi connectivity index (χ2n) is 3.46. The predicted octanol–water partition coefficient (Wildman–Crippen LogP) is 3.87. The number of nitro benzene ring substituents is 1. The lowest BCUT2D eigenvalue weighted by atomic mass is 10.0. The minimum atomic E-state index is -4.69. The van der Waals surface area contributed by atoms with Gasteiger partial charge in [0.15, 0.2) is 0 Å². The Balaban J connectivity index is 2.64. The molecule has 0 amide bonds. The molecule has 0 saturated carbocycles. The first-order valence-corrected chi connectivity index (χ1v) is 4.79. The lowest BCUT2D eigenvalue weighted by Gasteiger charge is -2.10. The molecule has 1 heterocycles. The number of non-ortho nitro benzene ring substituents is 1. The number of hydrogen-bond donors (Lipinski definition) is 0. The third kappa shape index (κ3) is 2.20. The van der Waals surface area contributed by atoms with E-state index in [1.807, 2.05) is 0 Å². The molecule has 0 atom stereocenters. The minimum Gasteiger partial charge on any atom is -0.464 e. The van der Waals surface area contributed by atoms with Crippen molar-refractivity contribution in [2.24, 2.45) is 0 Å². The van der Waals surface area contributed by atoms with Crippen LogP contribution in [0, 0.1) is 10.1 Å². The summed E-state index contributed by atoms with van der Waals surface area (Å²) in [5, 5.41) is 10.5. The van der Waals surface area contributed by atoms with Crippen molar-refractivity contribution in [1.82, 2.24) is 0 Å². The molecule has 0 radical (unpaired) electrons. The Kier molecular flexibility index (Phi) is 2.82. The molecule has 0 bridgehead atoms. The molecule has 0 N–H and O–H groups in total. The van der Waals surface area contributed by atoms with Crippen molar-refractivity contribution < 1.29 is 22.5 Å². The molecule has 0 saturated heterocycles. The topological polar surface area (TPSA) is 56.3 Å². The van der Waals surface area contributed by atoms with Gasteiger partial charge >= 0.3 is 6.18 Å². The predicted molar refractivity (Wildman–Crippen MR) is 55.8 cm³/mol. The first-order chi connectivity index (χ1) is 8.39. The molecule has 7 heteroatoms. The zero-order valence-electron chi connectivity index (χ0n) is 8.77. The summed E-state index contributed by atoms with van der Waals surface area (Å²) in [6.07, 6.45) is -3.45. The van der Waals surface area contributed by atoms with E-state index in [1.165, 1.54) is 18.4 Å². The van der Waals surface area contributed by atoms with E-state index in [9.17, 15) is 23.3 Å². The van der Waals surface area contributed by atoms with Gasteiger partial charge in [0.25, 0.3) is 5.69 Å². The zero-order chi connectivity index (χ0) is 13.3. The minimum absolute atomic E-state index is 0.0113. The second-order valence-corrected chi connectivity index (χ2v) is 3.46. The third-order valence-corrected chi connectivity index (χ3v) is 2.31. The van der Waals surface area contributed by atoms with Gasteiger partial charge in [0, 0.05) is 17.7 Å². The summed E-state index contributed by atoms with van der Waals surface area (Å²) >= 11 is 0. The van der Waals surface area contributed by atoms with Crippen LogP contribution in [-0.4, -0.2) is 4.92 Å². The monoisotopic (exact) mass is 257 g/mol. The Labute approximate surface area is 98.8 Å². The smallest absolute Gasteiger partial charge is 0.417 e. The average molecular weight is 257 g/mol. The summed E-state index contributed by atoms with van der Waals surface area (Å²) < 4.78 is 43.3. The Hall–Kier alpha value is -2.31. The van der Waals surface area contributed by atoms with Crippen molar-refractivity contribution in [1.29, 1.82) is 0 Å². The molecule has 0 unspecified atom stereocenters. The van der Waals surface area contributed by atoms with E-state index >= 15 is 0 Å². The number of halogens is 3. The van der Waals surface area contributed by atoms with Gasteiger partial charge in [0.1, 0.15) is 5.76 Å². The third-order valence-electron chi connectivity index (χ3n) is 2.31. The fraction of sp³-hybridized carbons (Fsp3) is 0.0909. The molecule has 0 fully saturated rings. The number of furan rings is 1. The van der Waals surface area contributed by atoms with Crippen molar-refractivity contribution in [3.8, 4) is 11.3 Å². The highest BCUT2D eigenvalue weighted by atomic mass is 19.4. The van der Waals surface area contributed by atoms with Gasteiger partial charge in [0.2, 0.25) is 0 Å². The number of hydrogen-bond acceptors (Lipinski definition) is 3. The van der Waals surface area contributed by atoms with Gasteiger partial charge in [-0.3, -0.25) is 10.1 Å². The molecule has 2 rings (SSSR count). The molecular formula is C11H6F3NO3. The van der Waals surface area contributed by atoms with Crippen LogP contribution in [-0.2, 0) is 6.18 Å². The Morgan fingerprint density at radius 3 is 2.44 bits per heavy atom. The summed E-state index contributed by atoms with van der Waals surface area (Å²) in [6.45, 7) is 0. The lowest BCUT2D eigenvalue weighted by molar-refractivity contribution is -0.385. The maximum atomic E-state index is 12.8. The van der Waals surface area contributed by atoms with Gasteiger partial charge in [-0.15, -0.1) is 0 Å². The van der Waals surface area contributed by atoms with Crippen LogP contribution in [0.4, 0.5) is 18.9 Å². The first-order valence-electron chi connectivity index (χ1n) is 4.79. The molecule has 94 valence electrons. The van der Waals surface area contributed by atoms with Crippen LogP contribution in [0.5, 0.6) is 0 Å². The van der Waals surface area contributed by atoms with Crippen LogP contribution in [0.3, 0.4) is 0 Å². The van der Waals surface area contributed by atoms with Gasteiger partial charge in [-0.1, -0.05) is 0 Å². The molecule has 0 aliphatic carbocycles. The van der Waals surface area contributed by atoms with Gasteiger partial charge in [-0.05, 0) is 18.2 Å². The van der Waals surface area contributed by atoms with Gasteiger partial charge in [-0.2, -0.15) is 13.2 Å². The second kappa shape index (κ2) is 4.17. The summed E-state index contributed by atoms with van der Waals surface area (Å²) in [7, 11) is 0. The van der Waals surface area contributed by atoms with E-state index in [-0.39, 0.29) is 11.3 Å². The standard InChI is InChI=1S/C11H6F3NO3/c12-11(13,14)9-6-7(15(16)17)3-4-8(9)10-2-1-5-18-10/h1-6H. The quantitative estimate of drug-likeness (QED) is 0.606. The molecule has 1 aromatic heterocycles. The molecular weight excluding hydrogens is 251 g/mol. The largest absolute Gasteiger partial charge is 0.464 e. The molecule has 0 aliphatic rings. The number of benzene rings is 1. The molecule has 0 spiro atoms. The summed E-state index contributed by atoms with van der Waals surface area (Å²) in [4.78, 5) is 9.62. The Morgan fingerprint density at radius 1 is 1.22 bits per heavy atom. The SMILES string of the molecule is O=[N+]([O-])c1ccc(-c2ccco2)c(C(F)(F)F)c1. The molecule has 0 aliphatic heterocycles. The maximum absolute atomic E-state index is 12.8. The van der Waals surface area contributed by atoms with E-state index in [4.69, 9.17) is 4.42 Å². The fourth-order valence-electron chi connectivity index (χ4n) is 1.53. The Morgan fingerprint density at radius 2 is 1.94 bits per heavy atom. The van der Waals surface area contributed by atoms with Crippen LogP contribution in [0.2, 0.25) is 0 Å². The van der Waals surface area contributed by atoms with Crippen molar-refractivity contribution in [2.75, 3.05) is 0 Å². The van der Waals surface area contributed by atoms with Crippen LogP contribution < -0.4 is 0 Å². The summed E-state index contributed by atoms with van der Waals surface area (Å²) in [6, 6.07) is 5.33. The molecule has 4 nitrogen and oxygen atoms in total. The summed E-state index contributed by atoms with van der Waals surface area (Å²) in [5.41, 5.74) is -1.93. The molecule has 18 heavy (non-hydrogen) atoms. The first kappa shape index (κ1) is 12.2. The van der Waals surface area contributed by atoms with E-state index in [0.29, 0.717) is 6.07 Å². The van der Waals surface area contributed by atoms with Crippen LogP contribution >= 0.6 is 0 Å². The number of nitrogens with zero attached hydrogens (tertiary/aromatic N) is 1. The zero-order valence-corrected chi connectivity index (χ0v) is 8.77. The van der Waals surface area contributed by atoms with Crippen LogP contribution in [0.1, 0.15) is 5.56 Å². The van der Waals surface area contributed by atoms with E-state index in [0.717, 1.165) is 12.1 Å². The van der Waals surface area contributed by atoms with Crippen molar-refractivity contribution in [3.05, 3.63) is 52.3 Å². The van der Waals surface area contributed by atoms with Crippen molar-refractivity contribution in [3.63, 3.8) is 0 Å². The summed E-state index contributed by atoms with van der Waals surface area (Å²) in [5.74, 6) is 0.0113. The number of nitro groups is 1. The van der Waals surface area contributed by atoms with Gasteiger partial charge in [0.05, 0.1) is 16.7 Å². The Bertz CT molecular complexity index is 576. The van der Waals surface area contributed by atoms with Crippen molar-refractivity contribution in [2.45, 2.75) is 6.18 Å². The van der Waals surface area contributed by atoms with E-state index in [1.54, 1.807) is 0 Å². The maximum Gasteiger partial charge on any atom is 0.417 e. The van der Waals surface area contributed by atoms with E-state index in [2.05, 4.69) is 0 Å². The highest BCUT2D eigenvalue weighted by molar-refractivity contribution is 5.65. The lowest BCUT2D eigenvalue weighted by Crippen LogP contribution is -2.07. The highest BCUT2D eigenvalue weighted by Gasteiger charge is 2.36. The van der Waals surface area contributed by atoms with Gasteiger partial charge in [-0.25, -0.2) is 0 Å². The van der Waals surface area contributed by atoms with Crippen molar-refractivity contribution >= 4 is 5.69 Å². The van der Waals surface area contributed by atoms with Gasteiger partial charge < -0.3 is 4.42 Å². The molecule has 2 aromatic rings. The number of alkyl halides is 3. The van der Waals surface area contributed by atoms with Crippen LogP contribution in [0.25, 0.3) is 11.3 Å². The molecule has 1 aromatic carbocycles. The number of rotatable bonds is 2. The normalized spacial score (nSPS) is 11.5. The van der Waals surface area contributed by atoms with E-state index < -0.39 is 22.4 Å². The van der Waals surface area contributed by atoms with Crippen LogP contribution in [0.15, 0.2) is 41.0 Å². The average Bonchev–Trinajstić information content (AvgIpc) is 2.80. The highest BCUT2D eigenvalue weighted by Crippen LogP contribution is 2.39.